The van der Waals surface area contributed by atoms with Crippen LogP contribution < -0.4 is 29.3 Å². The molecule has 9 heteroatoms. The summed E-state index contributed by atoms with van der Waals surface area (Å²) in [5.41, 5.74) is 0. The molecule has 1 saturated carbocycles. The predicted molar refractivity (Wildman–Crippen MR) is 94.7 cm³/mol. The van der Waals surface area contributed by atoms with Crippen LogP contribution in [-0.4, -0.2) is 59.9 Å². The zero-order chi connectivity index (χ0) is 19.2. The fourth-order valence-corrected chi connectivity index (χ4v) is 3.88. The molecule has 3 rings (SSSR count). The number of furan rings is 1. The maximum absolute atomic E-state index is 12.5. The molecule has 1 aliphatic carbocycles. The number of hydrogen-bond acceptors (Lipinski definition) is 5. The predicted octanol–water partition coefficient (Wildman–Crippen LogP) is -2.16. The third-order valence-corrected chi connectivity index (χ3v) is 5.46. The van der Waals surface area contributed by atoms with Gasteiger partial charge in [0.15, 0.2) is 5.76 Å². The molecule has 0 unspecified atom stereocenters. The molecule has 0 spiro atoms. The Hall–Kier alpha value is -1.91. The number of carboxylic acid groups (broad SMARTS) is 1. The quantitative estimate of drug-likeness (QED) is 0.583. The number of carboxylic acids is 1. The number of aliphatic carboxylic acids is 1. The van der Waals surface area contributed by atoms with Crippen molar-refractivity contribution in [1.29, 1.82) is 0 Å². The van der Waals surface area contributed by atoms with Crippen molar-refractivity contribution in [3.63, 3.8) is 0 Å². The largest absolute Gasteiger partial charge is 1.00 e. The monoisotopic (exact) mass is 383 g/mol. The van der Waals surface area contributed by atoms with E-state index >= 15 is 0 Å². The molecule has 0 radical (unpaired) electrons. The Labute approximate surface area is 176 Å². The first-order chi connectivity index (χ1) is 13.0. The zero-order valence-electron chi connectivity index (χ0n) is 16.4. The van der Waals surface area contributed by atoms with Gasteiger partial charge in [0.25, 0.3) is 5.91 Å². The number of rotatable bonds is 5. The van der Waals surface area contributed by atoms with Crippen LogP contribution in [0.3, 0.4) is 0 Å². The molecule has 2 aliphatic rings. The molecule has 1 aliphatic heterocycles. The second-order valence-electron chi connectivity index (χ2n) is 7.32. The van der Waals surface area contributed by atoms with Crippen molar-refractivity contribution in [3.8, 4) is 0 Å². The van der Waals surface area contributed by atoms with E-state index in [1.807, 2.05) is 0 Å². The molecule has 2 heterocycles. The SMILES string of the molecule is O=C([O-])[C@H](CC1CCCCC1)NC(=O)N1CCN(C(=O)c2ccco2)CC1.[Li+]. The van der Waals surface area contributed by atoms with Crippen LogP contribution in [0.1, 0.15) is 49.1 Å². The molecule has 0 bridgehead atoms. The van der Waals surface area contributed by atoms with Gasteiger partial charge in [0, 0.05) is 26.2 Å². The molecule has 2 fully saturated rings. The van der Waals surface area contributed by atoms with Gasteiger partial charge in [-0.25, -0.2) is 4.79 Å². The van der Waals surface area contributed by atoms with Crippen molar-refractivity contribution < 1.29 is 42.8 Å². The summed E-state index contributed by atoms with van der Waals surface area (Å²) in [5, 5.41) is 14.1. The average Bonchev–Trinajstić information content (AvgIpc) is 3.22. The Morgan fingerprint density at radius 3 is 2.32 bits per heavy atom. The fourth-order valence-electron chi connectivity index (χ4n) is 3.88. The van der Waals surface area contributed by atoms with E-state index in [1.54, 1.807) is 21.9 Å². The Kier molecular flexibility index (Phi) is 8.46. The standard InChI is InChI=1S/C19H27N3O5.Li/c23-17(16-7-4-12-27-16)21-8-10-22(11-9-21)19(26)20-15(18(24)25)13-14-5-2-1-3-6-14;/h4,7,12,14-15H,1-3,5-6,8-11,13H2,(H,20,26)(H,24,25);/q;+1/p-1/t15-;/m0./s1. The maximum Gasteiger partial charge on any atom is 1.00 e. The minimum Gasteiger partial charge on any atom is -0.548 e. The summed E-state index contributed by atoms with van der Waals surface area (Å²) in [6, 6.07) is 1.88. The summed E-state index contributed by atoms with van der Waals surface area (Å²) in [7, 11) is 0. The summed E-state index contributed by atoms with van der Waals surface area (Å²) >= 11 is 0. The number of hydrogen-bond donors (Lipinski definition) is 1. The topological polar surface area (TPSA) is 106 Å². The van der Waals surface area contributed by atoms with Crippen LogP contribution in [0.4, 0.5) is 4.79 Å². The number of nitrogens with zero attached hydrogens (tertiary/aromatic N) is 2. The molecule has 1 aromatic heterocycles. The van der Waals surface area contributed by atoms with Gasteiger partial charge in [-0.2, -0.15) is 0 Å². The van der Waals surface area contributed by atoms with Gasteiger partial charge in [0.2, 0.25) is 0 Å². The van der Waals surface area contributed by atoms with Crippen LogP contribution in [-0.2, 0) is 4.79 Å². The Balaban J connectivity index is 0.00000280. The Bertz CT molecular complexity index is 653. The number of piperazine rings is 1. The normalized spacial score (nSPS) is 18.9. The summed E-state index contributed by atoms with van der Waals surface area (Å²) < 4.78 is 5.12. The first-order valence-corrected chi connectivity index (χ1v) is 9.63. The molecule has 3 amide bonds. The van der Waals surface area contributed by atoms with E-state index in [2.05, 4.69) is 5.32 Å². The molecular formula is C19H26LiN3O5. The van der Waals surface area contributed by atoms with Crippen LogP contribution in [0.25, 0.3) is 0 Å². The van der Waals surface area contributed by atoms with E-state index in [9.17, 15) is 19.5 Å². The molecule has 1 atom stereocenters. The molecule has 28 heavy (non-hydrogen) atoms. The number of nitrogens with one attached hydrogen (secondary N) is 1. The molecule has 148 valence electrons. The Morgan fingerprint density at radius 1 is 1.11 bits per heavy atom. The van der Waals surface area contributed by atoms with Crippen LogP contribution in [0, 0.1) is 5.92 Å². The first kappa shape index (κ1) is 22.4. The fraction of sp³-hybridized carbons (Fsp3) is 0.632. The minimum atomic E-state index is -1.24. The van der Waals surface area contributed by atoms with Crippen molar-refractivity contribution in [2.24, 2.45) is 5.92 Å². The van der Waals surface area contributed by atoms with E-state index < -0.39 is 18.0 Å². The van der Waals surface area contributed by atoms with E-state index in [1.165, 1.54) is 12.7 Å². The molecule has 0 aromatic carbocycles. The third kappa shape index (κ3) is 5.79. The molecule has 8 nitrogen and oxygen atoms in total. The van der Waals surface area contributed by atoms with Gasteiger partial charge in [-0.05, 0) is 24.5 Å². The number of carbonyl (C=O) groups excluding carboxylic acids is 3. The van der Waals surface area contributed by atoms with Crippen LogP contribution in [0.5, 0.6) is 0 Å². The third-order valence-electron chi connectivity index (χ3n) is 5.46. The molecule has 1 N–H and O–H groups in total. The number of amides is 3. The first-order valence-electron chi connectivity index (χ1n) is 9.63. The molecule has 1 saturated heterocycles. The van der Waals surface area contributed by atoms with Crippen molar-refractivity contribution in [2.45, 2.75) is 44.6 Å². The van der Waals surface area contributed by atoms with Gasteiger partial charge in [0.1, 0.15) is 0 Å². The van der Waals surface area contributed by atoms with Gasteiger partial charge in [0.05, 0.1) is 18.3 Å². The van der Waals surface area contributed by atoms with E-state index in [-0.39, 0.29) is 30.5 Å². The van der Waals surface area contributed by atoms with E-state index in [0.717, 1.165) is 25.7 Å². The van der Waals surface area contributed by atoms with Crippen molar-refractivity contribution >= 4 is 17.9 Å². The van der Waals surface area contributed by atoms with Gasteiger partial charge < -0.3 is 29.4 Å². The van der Waals surface area contributed by atoms with Crippen LogP contribution >= 0.6 is 0 Å². The molecular weight excluding hydrogens is 357 g/mol. The summed E-state index contributed by atoms with van der Waals surface area (Å²) in [6.45, 7) is 1.46. The van der Waals surface area contributed by atoms with Gasteiger partial charge >= 0.3 is 24.9 Å². The average molecular weight is 383 g/mol. The number of carbonyl (C=O) groups is 3. The maximum atomic E-state index is 12.5. The van der Waals surface area contributed by atoms with Gasteiger partial charge in [-0.3, -0.25) is 4.79 Å². The van der Waals surface area contributed by atoms with Crippen molar-refractivity contribution in [2.75, 3.05) is 26.2 Å². The second-order valence-corrected chi connectivity index (χ2v) is 7.32. The summed E-state index contributed by atoms with van der Waals surface area (Å²) in [6.07, 6.45) is 7.31. The van der Waals surface area contributed by atoms with Crippen molar-refractivity contribution in [3.05, 3.63) is 24.2 Å². The van der Waals surface area contributed by atoms with Gasteiger partial charge in [-0.1, -0.05) is 32.1 Å². The zero-order valence-corrected chi connectivity index (χ0v) is 16.4. The van der Waals surface area contributed by atoms with Crippen LogP contribution in [0.2, 0.25) is 0 Å². The second kappa shape index (κ2) is 10.6. The minimum absolute atomic E-state index is 0. The molecule has 1 aromatic rings. The Morgan fingerprint density at radius 2 is 1.75 bits per heavy atom. The van der Waals surface area contributed by atoms with Crippen molar-refractivity contribution in [1.82, 2.24) is 15.1 Å². The smallest absolute Gasteiger partial charge is 0.548 e. The van der Waals surface area contributed by atoms with E-state index in [4.69, 9.17) is 4.42 Å². The van der Waals surface area contributed by atoms with Crippen LogP contribution in [0.15, 0.2) is 22.8 Å². The summed E-state index contributed by atoms with van der Waals surface area (Å²) in [4.78, 5) is 39.3. The number of urea groups is 1. The van der Waals surface area contributed by atoms with E-state index in [0.29, 0.717) is 38.5 Å². The van der Waals surface area contributed by atoms with Gasteiger partial charge in [-0.15, -0.1) is 0 Å². The summed E-state index contributed by atoms with van der Waals surface area (Å²) in [5.74, 6) is -0.840.